The van der Waals surface area contributed by atoms with Crippen LogP contribution in [0.5, 0.6) is 11.5 Å². The van der Waals surface area contributed by atoms with Gasteiger partial charge in [-0.3, -0.25) is 4.79 Å². The van der Waals surface area contributed by atoms with Crippen molar-refractivity contribution < 1.29 is 18.7 Å². The minimum Gasteiger partial charge on any atom is -0.490 e. The molecule has 32 heavy (non-hydrogen) atoms. The number of carbonyl (C=O) groups is 1. The summed E-state index contributed by atoms with van der Waals surface area (Å²) in [6, 6.07) is 12.8. The number of fused-ring (bicyclic) bond motifs is 1. The van der Waals surface area contributed by atoms with E-state index in [-0.39, 0.29) is 23.6 Å². The fourth-order valence-electron chi connectivity index (χ4n) is 3.33. The van der Waals surface area contributed by atoms with Gasteiger partial charge in [-0.05, 0) is 47.9 Å². The zero-order chi connectivity index (χ0) is 22.5. The lowest BCUT2D eigenvalue weighted by molar-refractivity contribution is -0.119. The van der Waals surface area contributed by atoms with E-state index in [0.29, 0.717) is 29.3 Å². The van der Waals surface area contributed by atoms with Crippen LogP contribution in [0.2, 0.25) is 5.02 Å². The third-order valence-electron chi connectivity index (χ3n) is 4.94. The smallest absolute Gasteiger partial charge is 0.277 e. The molecule has 4 rings (SSSR count). The van der Waals surface area contributed by atoms with Crippen molar-refractivity contribution in [3.63, 3.8) is 0 Å². The van der Waals surface area contributed by atoms with Gasteiger partial charge in [-0.25, -0.2) is 0 Å². The van der Waals surface area contributed by atoms with Gasteiger partial charge in [0.25, 0.3) is 5.22 Å². The van der Waals surface area contributed by atoms with E-state index in [2.05, 4.69) is 29.4 Å². The molecule has 1 atom stereocenters. The van der Waals surface area contributed by atoms with Crippen molar-refractivity contribution in [3.05, 3.63) is 53.1 Å². The second-order valence-corrected chi connectivity index (χ2v) is 9.08. The van der Waals surface area contributed by atoms with E-state index in [1.807, 2.05) is 18.2 Å². The number of carbonyl (C=O) groups excluding carboxylic acids is 1. The summed E-state index contributed by atoms with van der Waals surface area (Å²) in [5.74, 6) is 2.08. The number of ether oxygens (including phenoxy) is 2. The van der Waals surface area contributed by atoms with Crippen molar-refractivity contribution in [3.8, 4) is 23.0 Å². The van der Waals surface area contributed by atoms with E-state index in [9.17, 15) is 4.79 Å². The van der Waals surface area contributed by atoms with Gasteiger partial charge < -0.3 is 19.2 Å². The Morgan fingerprint density at radius 1 is 1.09 bits per heavy atom. The molecule has 0 fully saturated rings. The summed E-state index contributed by atoms with van der Waals surface area (Å²) in [4.78, 5) is 12.7. The maximum absolute atomic E-state index is 12.7. The fourth-order valence-corrected chi connectivity index (χ4v) is 4.03. The van der Waals surface area contributed by atoms with Gasteiger partial charge in [0, 0.05) is 17.0 Å². The van der Waals surface area contributed by atoms with E-state index in [1.165, 1.54) is 11.8 Å². The van der Waals surface area contributed by atoms with Gasteiger partial charge in [-0.2, -0.15) is 0 Å². The standard InChI is InChI=1S/C23H24ClN3O4S/c1-14(2)21(16-6-9-18-19(12-16)30-11-3-10-29-18)25-20(28)13-32-23-27-26-22(31-23)15-4-7-17(24)8-5-15/h4-9,12,14,21H,3,10-11,13H2,1-2H3,(H,25,28)/t21-/m1/s1. The van der Waals surface area contributed by atoms with Crippen molar-refractivity contribution in [1.29, 1.82) is 0 Å². The first-order chi connectivity index (χ1) is 15.5. The highest BCUT2D eigenvalue weighted by Gasteiger charge is 2.22. The van der Waals surface area contributed by atoms with Crippen LogP contribution in [0.3, 0.4) is 0 Å². The van der Waals surface area contributed by atoms with E-state index in [4.69, 9.17) is 25.5 Å². The molecule has 3 aromatic rings. The molecule has 1 N–H and O–H groups in total. The molecule has 168 valence electrons. The molecular formula is C23H24ClN3O4S. The molecule has 2 aromatic carbocycles. The van der Waals surface area contributed by atoms with E-state index < -0.39 is 0 Å². The van der Waals surface area contributed by atoms with Crippen LogP contribution in [0, 0.1) is 5.92 Å². The number of aromatic nitrogens is 2. The third-order valence-corrected chi connectivity index (χ3v) is 6.01. The summed E-state index contributed by atoms with van der Waals surface area (Å²) >= 11 is 7.11. The zero-order valence-corrected chi connectivity index (χ0v) is 19.4. The molecule has 0 saturated heterocycles. The number of halogens is 1. The second-order valence-electron chi connectivity index (χ2n) is 7.71. The number of thioether (sulfide) groups is 1. The normalized spacial score (nSPS) is 14.1. The molecule has 1 amide bonds. The number of nitrogens with one attached hydrogen (secondary N) is 1. The SMILES string of the molecule is CC(C)[C@@H](NC(=O)CSc1nnc(-c2ccc(Cl)cc2)o1)c1ccc2c(c1)OCCCO2. The van der Waals surface area contributed by atoms with Gasteiger partial charge in [0.15, 0.2) is 11.5 Å². The van der Waals surface area contributed by atoms with Gasteiger partial charge in [0.2, 0.25) is 11.8 Å². The number of hydrogen-bond donors (Lipinski definition) is 1. The molecule has 1 aliphatic rings. The monoisotopic (exact) mass is 473 g/mol. The number of hydrogen-bond acceptors (Lipinski definition) is 7. The molecule has 1 aromatic heterocycles. The average molecular weight is 474 g/mol. The first-order valence-corrected chi connectivity index (χ1v) is 11.8. The average Bonchev–Trinajstić information content (AvgIpc) is 3.13. The van der Waals surface area contributed by atoms with E-state index in [1.54, 1.807) is 24.3 Å². The predicted octanol–water partition coefficient (Wildman–Crippen LogP) is 5.16. The first-order valence-electron chi connectivity index (χ1n) is 10.4. The Kier molecular flexibility index (Phi) is 7.22. The van der Waals surface area contributed by atoms with Crippen LogP contribution >= 0.6 is 23.4 Å². The Hall–Kier alpha value is -2.71. The Bertz CT molecular complexity index is 1070. The molecule has 0 radical (unpaired) electrons. The summed E-state index contributed by atoms with van der Waals surface area (Å²) in [5.41, 5.74) is 1.75. The Morgan fingerprint density at radius 3 is 2.59 bits per heavy atom. The highest BCUT2D eigenvalue weighted by atomic mass is 35.5. The van der Waals surface area contributed by atoms with Gasteiger partial charge in [0.05, 0.1) is 25.0 Å². The molecule has 2 heterocycles. The Labute approximate surface area is 195 Å². The lowest BCUT2D eigenvalue weighted by Gasteiger charge is -2.23. The molecule has 0 spiro atoms. The summed E-state index contributed by atoms with van der Waals surface area (Å²) in [6.07, 6.45) is 0.848. The third kappa shape index (κ3) is 5.55. The molecule has 0 unspecified atom stereocenters. The van der Waals surface area contributed by atoms with Crippen molar-refractivity contribution in [2.24, 2.45) is 5.92 Å². The number of rotatable bonds is 7. The van der Waals surface area contributed by atoms with E-state index >= 15 is 0 Å². The summed E-state index contributed by atoms with van der Waals surface area (Å²) in [7, 11) is 0. The number of nitrogens with zero attached hydrogens (tertiary/aromatic N) is 2. The molecule has 9 heteroatoms. The van der Waals surface area contributed by atoms with Gasteiger partial charge in [-0.1, -0.05) is 43.3 Å². The molecular weight excluding hydrogens is 450 g/mol. The second kappa shape index (κ2) is 10.3. The summed E-state index contributed by atoms with van der Waals surface area (Å²) in [6.45, 7) is 5.40. The zero-order valence-electron chi connectivity index (χ0n) is 17.8. The lowest BCUT2D eigenvalue weighted by Crippen LogP contribution is -2.33. The minimum absolute atomic E-state index is 0.118. The quantitative estimate of drug-likeness (QED) is 0.474. The van der Waals surface area contributed by atoms with Crippen molar-refractivity contribution in [2.75, 3.05) is 19.0 Å². The largest absolute Gasteiger partial charge is 0.490 e. The van der Waals surface area contributed by atoms with Crippen LogP contribution in [0.1, 0.15) is 31.9 Å². The van der Waals surface area contributed by atoms with Crippen LogP contribution in [-0.2, 0) is 4.79 Å². The van der Waals surface area contributed by atoms with Crippen molar-refractivity contribution >= 4 is 29.3 Å². The molecule has 0 aliphatic carbocycles. The predicted molar refractivity (Wildman–Crippen MR) is 123 cm³/mol. The lowest BCUT2D eigenvalue weighted by atomic mass is 9.95. The molecule has 0 saturated carbocycles. The molecule has 1 aliphatic heterocycles. The highest BCUT2D eigenvalue weighted by molar-refractivity contribution is 7.99. The Morgan fingerprint density at radius 2 is 1.84 bits per heavy atom. The maximum atomic E-state index is 12.7. The number of benzene rings is 2. The fraction of sp³-hybridized carbons (Fsp3) is 0.348. The van der Waals surface area contributed by atoms with Crippen LogP contribution in [-0.4, -0.2) is 35.1 Å². The van der Waals surface area contributed by atoms with Crippen molar-refractivity contribution in [1.82, 2.24) is 15.5 Å². The number of amides is 1. The van der Waals surface area contributed by atoms with Gasteiger partial charge in [0.1, 0.15) is 0 Å². The van der Waals surface area contributed by atoms with Gasteiger partial charge in [-0.15, -0.1) is 10.2 Å². The van der Waals surface area contributed by atoms with Crippen LogP contribution in [0.15, 0.2) is 52.1 Å². The topological polar surface area (TPSA) is 86.5 Å². The summed E-state index contributed by atoms with van der Waals surface area (Å²) < 4.78 is 17.2. The summed E-state index contributed by atoms with van der Waals surface area (Å²) in [5, 5.41) is 12.1. The Balaban J connectivity index is 1.38. The highest BCUT2D eigenvalue weighted by Crippen LogP contribution is 2.34. The minimum atomic E-state index is -0.160. The van der Waals surface area contributed by atoms with Crippen LogP contribution in [0.4, 0.5) is 0 Å². The molecule has 7 nitrogen and oxygen atoms in total. The maximum Gasteiger partial charge on any atom is 0.277 e. The first kappa shape index (κ1) is 22.5. The van der Waals surface area contributed by atoms with Crippen molar-refractivity contribution in [2.45, 2.75) is 31.5 Å². The van der Waals surface area contributed by atoms with Gasteiger partial charge >= 0.3 is 0 Å². The molecule has 0 bridgehead atoms. The van der Waals surface area contributed by atoms with Crippen LogP contribution < -0.4 is 14.8 Å². The van der Waals surface area contributed by atoms with E-state index in [0.717, 1.165) is 29.0 Å². The van der Waals surface area contributed by atoms with Crippen LogP contribution in [0.25, 0.3) is 11.5 Å².